The van der Waals surface area contributed by atoms with E-state index in [9.17, 15) is 13.6 Å². The van der Waals surface area contributed by atoms with E-state index in [1.54, 1.807) is 20.8 Å². The van der Waals surface area contributed by atoms with Gasteiger partial charge in [-0.3, -0.25) is 4.79 Å². The summed E-state index contributed by atoms with van der Waals surface area (Å²) in [5.74, 6) is -2.16. The number of hydrogen-bond acceptors (Lipinski definition) is 3. The Labute approximate surface area is 105 Å². The van der Waals surface area contributed by atoms with Gasteiger partial charge in [0.25, 0.3) is 0 Å². The molecule has 1 N–H and O–H groups in total. The Morgan fingerprint density at radius 2 is 2.11 bits per heavy atom. The van der Waals surface area contributed by atoms with Crippen molar-refractivity contribution in [2.24, 2.45) is 5.92 Å². The van der Waals surface area contributed by atoms with Gasteiger partial charge in [-0.1, -0.05) is 13.0 Å². The zero-order valence-corrected chi connectivity index (χ0v) is 10.7. The number of esters is 1. The molecule has 5 heteroatoms. The second-order valence-corrected chi connectivity index (χ2v) is 4.09. The number of carbonyl (C=O) groups is 1. The van der Waals surface area contributed by atoms with Gasteiger partial charge in [-0.05, 0) is 25.5 Å². The normalized spacial score (nSPS) is 12.1. The van der Waals surface area contributed by atoms with Crippen LogP contribution in [0.15, 0.2) is 12.1 Å². The standard InChI is InChI=1S/C13H17F2NO2/c1-4-18-13(17)9(3)7-16-12-10(14)6-5-8(2)11(12)15/h5-6,9,16H,4,7H2,1-3H3. The molecule has 0 aliphatic heterocycles. The quantitative estimate of drug-likeness (QED) is 0.824. The maximum Gasteiger partial charge on any atom is 0.310 e. The number of nitrogens with one attached hydrogen (secondary N) is 1. The molecule has 18 heavy (non-hydrogen) atoms. The monoisotopic (exact) mass is 257 g/mol. The first kappa shape index (κ1) is 14.4. The van der Waals surface area contributed by atoms with Crippen molar-refractivity contribution in [2.45, 2.75) is 20.8 Å². The number of halogens is 2. The number of carbonyl (C=O) groups excluding carboxylic acids is 1. The van der Waals surface area contributed by atoms with E-state index >= 15 is 0 Å². The highest BCUT2D eigenvalue weighted by Crippen LogP contribution is 2.21. The summed E-state index contributed by atoms with van der Waals surface area (Å²) in [6.45, 7) is 5.30. The van der Waals surface area contributed by atoms with E-state index in [-0.39, 0.29) is 18.8 Å². The van der Waals surface area contributed by atoms with Crippen molar-refractivity contribution in [3.8, 4) is 0 Å². The summed E-state index contributed by atoms with van der Waals surface area (Å²) < 4.78 is 31.9. The molecule has 1 unspecified atom stereocenters. The molecular weight excluding hydrogens is 240 g/mol. The van der Waals surface area contributed by atoms with E-state index < -0.39 is 23.5 Å². The molecule has 1 rings (SSSR count). The molecule has 0 saturated heterocycles. The average Bonchev–Trinajstić information content (AvgIpc) is 2.34. The fourth-order valence-electron chi connectivity index (χ4n) is 1.44. The van der Waals surface area contributed by atoms with Crippen LogP contribution in [-0.4, -0.2) is 19.1 Å². The molecule has 0 aliphatic carbocycles. The van der Waals surface area contributed by atoms with Crippen LogP contribution in [0.2, 0.25) is 0 Å². The summed E-state index contributed by atoms with van der Waals surface area (Å²) in [5.41, 5.74) is 0.147. The fourth-order valence-corrected chi connectivity index (χ4v) is 1.44. The third kappa shape index (κ3) is 3.42. The van der Waals surface area contributed by atoms with E-state index in [2.05, 4.69) is 5.32 Å². The van der Waals surface area contributed by atoms with Gasteiger partial charge in [0.2, 0.25) is 0 Å². The van der Waals surface area contributed by atoms with Crippen molar-refractivity contribution in [3.05, 3.63) is 29.3 Å². The van der Waals surface area contributed by atoms with Gasteiger partial charge in [0.15, 0.2) is 5.82 Å². The lowest BCUT2D eigenvalue weighted by atomic mass is 10.1. The van der Waals surface area contributed by atoms with Gasteiger partial charge in [0.05, 0.1) is 12.5 Å². The van der Waals surface area contributed by atoms with Crippen LogP contribution in [0.1, 0.15) is 19.4 Å². The first-order valence-corrected chi connectivity index (χ1v) is 5.82. The second kappa shape index (κ2) is 6.33. The molecule has 0 aromatic heterocycles. The Bertz CT molecular complexity index is 435. The molecule has 0 bridgehead atoms. The minimum Gasteiger partial charge on any atom is -0.466 e. The Morgan fingerprint density at radius 3 is 2.72 bits per heavy atom. The second-order valence-electron chi connectivity index (χ2n) is 4.09. The van der Waals surface area contributed by atoms with Gasteiger partial charge < -0.3 is 10.1 Å². The zero-order valence-electron chi connectivity index (χ0n) is 10.7. The maximum atomic E-state index is 13.6. The van der Waals surface area contributed by atoms with Gasteiger partial charge in [0, 0.05) is 6.54 Å². The van der Waals surface area contributed by atoms with Crippen LogP contribution in [-0.2, 0) is 9.53 Å². The number of aryl methyl sites for hydroxylation is 1. The van der Waals surface area contributed by atoms with Gasteiger partial charge in [-0.15, -0.1) is 0 Å². The molecule has 0 aliphatic rings. The van der Waals surface area contributed by atoms with Crippen LogP contribution >= 0.6 is 0 Å². The highest BCUT2D eigenvalue weighted by molar-refractivity contribution is 5.72. The third-order valence-electron chi connectivity index (χ3n) is 2.56. The number of benzene rings is 1. The van der Waals surface area contributed by atoms with E-state index in [4.69, 9.17) is 4.74 Å². The first-order chi connectivity index (χ1) is 8.47. The molecule has 0 radical (unpaired) electrons. The van der Waals surface area contributed by atoms with E-state index in [1.165, 1.54) is 12.1 Å². The Hall–Kier alpha value is -1.65. The fraction of sp³-hybridized carbons (Fsp3) is 0.462. The van der Waals surface area contributed by atoms with Gasteiger partial charge in [-0.25, -0.2) is 8.78 Å². The van der Waals surface area contributed by atoms with Crippen molar-refractivity contribution in [3.63, 3.8) is 0 Å². The third-order valence-corrected chi connectivity index (χ3v) is 2.56. The lowest BCUT2D eigenvalue weighted by Gasteiger charge is -2.14. The molecule has 100 valence electrons. The first-order valence-electron chi connectivity index (χ1n) is 5.82. The summed E-state index contributed by atoms with van der Waals surface area (Å²) >= 11 is 0. The molecule has 1 aromatic rings. The van der Waals surface area contributed by atoms with Crippen LogP contribution in [0.4, 0.5) is 14.5 Å². The minimum atomic E-state index is -0.672. The van der Waals surface area contributed by atoms with Crippen molar-refractivity contribution < 1.29 is 18.3 Å². The van der Waals surface area contributed by atoms with Crippen molar-refractivity contribution in [1.82, 2.24) is 0 Å². The van der Waals surface area contributed by atoms with Crippen LogP contribution in [0.5, 0.6) is 0 Å². The van der Waals surface area contributed by atoms with Crippen LogP contribution in [0, 0.1) is 24.5 Å². The predicted molar refractivity (Wildman–Crippen MR) is 65.4 cm³/mol. The Balaban J connectivity index is 2.69. The Morgan fingerprint density at radius 1 is 1.44 bits per heavy atom. The minimum absolute atomic E-state index is 0.121. The summed E-state index contributed by atoms with van der Waals surface area (Å²) in [6, 6.07) is 2.56. The van der Waals surface area contributed by atoms with Crippen molar-refractivity contribution in [1.29, 1.82) is 0 Å². The molecule has 3 nitrogen and oxygen atoms in total. The summed E-state index contributed by atoms with van der Waals surface area (Å²) in [6.07, 6.45) is 0. The smallest absolute Gasteiger partial charge is 0.310 e. The highest BCUT2D eigenvalue weighted by Gasteiger charge is 2.16. The largest absolute Gasteiger partial charge is 0.466 e. The lowest BCUT2D eigenvalue weighted by molar-refractivity contribution is -0.146. The summed E-state index contributed by atoms with van der Waals surface area (Å²) in [4.78, 5) is 11.4. The van der Waals surface area contributed by atoms with Gasteiger partial charge >= 0.3 is 5.97 Å². The zero-order chi connectivity index (χ0) is 13.7. The van der Waals surface area contributed by atoms with Crippen molar-refractivity contribution >= 4 is 11.7 Å². The topological polar surface area (TPSA) is 38.3 Å². The molecule has 0 amide bonds. The predicted octanol–water partition coefficient (Wildman–Crippen LogP) is 2.88. The molecule has 0 spiro atoms. The van der Waals surface area contributed by atoms with Crippen molar-refractivity contribution in [2.75, 3.05) is 18.5 Å². The molecule has 1 atom stereocenters. The number of anilines is 1. The van der Waals surface area contributed by atoms with Crippen LogP contribution < -0.4 is 5.32 Å². The highest BCUT2D eigenvalue weighted by atomic mass is 19.1. The molecular formula is C13H17F2NO2. The maximum absolute atomic E-state index is 13.6. The molecule has 1 aromatic carbocycles. The Kier molecular flexibility index (Phi) is 5.07. The van der Waals surface area contributed by atoms with Gasteiger partial charge in [0.1, 0.15) is 11.5 Å². The van der Waals surface area contributed by atoms with Crippen LogP contribution in [0.25, 0.3) is 0 Å². The number of hydrogen-bond donors (Lipinski definition) is 1. The number of rotatable bonds is 5. The van der Waals surface area contributed by atoms with Gasteiger partial charge in [-0.2, -0.15) is 0 Å². The summed E-state index contributed by atoms with van der Waals surface area (Å²) in [7, 11) is 0. The summed E-state index contributed by atoms with van der Waals surface area (Å²) in [5, 5.41) is 2.61. The average molecular weight is 257 g/mol. The molecule has 0 heterocycles. The molecule has 0 fully saturated rings. The SMILES string of the molecule is CCOC(=O)C(C)CNc1c(F)ccc(C)c1F. The van der Waals surface area contributed by atoms with E-state index in [1.807, 2.05) is 0 Å². The number of ether oxygens (including phenoxy) is 1. The van der Waals surface area contributed by atoms with E-state index in [0.29, 0.717) is 5.56 Å². The molecule has 0 saturated carbocycles. The van der Waals surface area contributed by atoms with E-state index in [0.717, 1.165) is 0 Å². The van der Waals surface area contributed by atoms with Crippen LogP contribution in [0.3, 0.4) is 0 Å². The lowest BCUT2D eigenvalue weighted by Crippen LogP contribution is -2.23.